The number of nitrogens with zero attached hydrogens (tertiary/aromatic N) is 2. The second kappa shape index (κ2) is 3.79. The molecule has 0 atom stereocenters. The molecule has 1 aromatic heterocycles. The highest BCUT2D eigenvalue weighted by molar-refractivity contribution is 6.33. The lowest BCUT2D eigenvalue weighted by Crippen LogP contribution is -2.06. The number of aromatic carboxylic acids is 1. The molecule has 0 aliphatic rings. The third-order valence-electron chi connectivity index (χ3n) is 1.47. The first-order valence-corrected chi connectivity index (χ1v) is 4.34. The van der Waals surface area contributed by atoms with Gasteiger partial charge < -0.3 is 5.11 Å². The van der Waals surface area contributed by atoms with E-state index < -0.39 is 5.97 Å². The molecule has 1 aromatic rings. The smallest absolute Gasteiger partial charge is 0.357 e. The number of carboxylic acids is 1. The molecule has 0 aliphatic heterocycles. The van der Waals surface area contributed by atoms with Crippen molar-refractivity contribution in [2.75, 3.05) is 0 Å². The molecule has 0 unspecified atom stereocenters. The van der Waals surface area contributed by atoms with Crippen molar-refractivity contribution in [2.45, 2.75) is 20.4 Å². The van der Waals surface area contributed by atoms with E-state index in [1.807, 2.05) is 13.8 Å². The Labute approximate surface area is 81.1 Å². The molecule has 0 bridgehead atoms. The lowest BCUT2D eigenvalue weighted by molar-refractivity contribution is 0.0689. The van der Waals surface area contributed by atoms with Gasteiger partial charge in [0.05, 0.1) is 5.02 Å². The zero-order valence-corrected chi connectivity index (χ0v) is 8.25. The normalized spacial score (nSPS) is 10.8. The number of rotatable bonds is 3. The van der Waals surface area contributed by atoms with Gasteiger partial charge in [0.2, 0.25) is 0 Å². The lowest BCUT2D eigenvalue weighted by atomic mass is 10.2. The van der Waals surface area contributed by atoms with Crippen LogP contribution in [-0.2, 0) is 6.54 Å². The maximum atomic E-state index is 10.6. The zero-order valence-electron chi connectivity index (χ0n) is 7.49. The predicted molar refractivity (Wildman–Crippen MR) is 49.0 cm³/mol. The van der Waals surface area contributed by atoms with Crippen molar-refractivity contribution < 1.29 is 9.90 Å². The number of hydrogen-bond acceptors (Lipinski definition) is 2. The van der Waals surface area contributed by atoms with E-state index in [1.165, 1.54) is 6.20 Å². The second-order valence-corrected chi connectivity index (χ2v) is 3.65. The van der Waals surface area contributed by atoms with Crippen molar-refractivity contribution in [1.29, 1.82) is 0 Å². The molecule has 13 heavy (non-hydrogen) atoms. The largest absolute Gasteiger partial charge is 0.476 e. The molecule has 0 saturated carbocycles. The summed E-state index contributed by atoms with van der Waals surface area (Å²) in [6, 6.07) is 0. The van der Waals surface area contributed by atoms with Crippen molar-refractivity contribution in [1.82, 2.24) is 9.78 Å². The average molecular weight is 203 g/mol. The van der Waals surface area contributed by atoms with E-state index in [9.17, 15) is 4.79 Å². The highest BCUT2D eigenvalue weighted by Crippen LogP contribution is 2.14. The number of carbonyl (C=O) groups is 1. The monoisotopic (exact) mass is 202 g/mol. The van der Waals surface area contributed by atoms with Gasteiger partial charge in [-0.2, -0.15) is 5.10 Å². The van der Waals surface area contributed by atoms with E-state index in [1.54, 1.807) is 4.68 Å². The summed E-state index contributed by atoms with van der Waals surface area (Å²) in [5, 5.41) is 12.7. The van der Waals surface area contributed by atoms with Crippen LogP contribution in [0, 0.1) is 5.92 Å². The average Bonchev–Trinajstić information content (AvgIpc) is 2.29. The van der Waals surface area contributed by atoms with Crippen LogP contribution in [0.5, 0.6) is 0 Å². The Balaban J connectivity index is 2.89. The van der Waals surface area contributed by atoms with Gasteiger partial charge in [0.1, 0.15) is 0 Å². The fourth-order valence-electron chi connectivity index (χ4n) is 1.01. The van der Waals surface area contributed by atoms with Crippen LogP contribution >= 0.6 is 11.6 Å². The Bertz CT molecular complexity index is 320. The van der Waals surface area contributed by atoms with E-state index >= 15 is 0 Å². The van der Waals surface area contributed by atoms with Crippen LogP contribution in [0.4, 0.5) is 0 Å². The van der Waals surface area contributed by atoms with Gasteiger partial charge in [0, 0.05) is 12.7 Å². The number of hydrogen-bond donors (Lipinski definition) is 1. The van der Waals surface area contributed by atoms with Crippen LogP contribution in [0.1, 0.15) is 24.3 Å². The van der Waals surface area contributed by atoms with Gasteiger partial charge in [0.25, 0.3) is 0 Å². The minimum absolute atomic E-state index is 0.0812. The Morgan fingerprint density at radius 2 is 2.38 bits per heavy atom. The Hall–Kier alpha value is -1.03. The van der Waals surface area contributed by atoms with Gasteiger partial charge in [-0.1, -0.05) is 25.4 Å². The quantitative estimate of drug-likeness (QED) is 0.815. The van der Waals surface area contributed by atoms with Crippen LogP contribution in [0.3, 0.4) is 0 Å². The molecule has 1 N–H and O–H groups in total. The molecule has 1 heterocycles. The first-order valence-electron chi connectivity index (χ1n) is 3.97. The van der Waals surface area contributed by atoms with E-state index in [0.717, 1.165) is 0 Å². The molecular weight excluding hydrogens is 192 g/mol. The zero-order chi connectivity index (χ0) is 10.0. The third-order valence-corrected chi connectivity index (χ3v) is 1.75. The first-order chi connectivity index (χ1) is 6.00. The lowest BCUT2D eigenvalue weighted by Gasteiger charge is -2.02. The number of carboxylic acid groups (broad SMARTS) is 1. The molecule has 1 rings (SSSR count). The topological polar surface area (TPSA) is 55.1 Å². The van der Waals surface area contributed by atoms with Gasteiger partial charge in [0.15, 0.2) is 5.69 Å². The fourth-order valence-corrected chi connectivity index (χ4v) is 1.24. The number of aromatic nitrogens is 2. The minimum atomic E-state index is -1.09. The van der Waals surface area contributed by atoms with Gasteiger partial charge in [-0.25, -0.2) is 4.79 Å². The fraction of sp³-hybridized carbons (Fsp3) is 0.500. The minimum Gasteiger partial charge on any atom is -0.476 e. The van der Waals surface area contributed by atoms with Gasteiger partial charge in [-0.3, -0.25) is 4.68 Å². The van der Waals surface area contributed by atoms with Crippen LogP contribution in [0.25, 0.3) is 0 Å². The molecule has 4 nitrogen and oxygen atoms in total. The second-order valence-electron chi connectivity index (χ2n) is 3.25. The van der Waals surface area contributed by atoms with Gasteiger partial charge in [-0.05, 0) is 5.92 Å². The van der Waals surface area contributed by atoms with E-state index in [2.05, 4.69) is 5.10 Å². The summed E-state index contributed by atoms with van der Waals surface area (Å²) >= 11 is 5.66. The highest BCUT2D eigenvalue weighted by atomic mass is 35.5. The molecule has 0 fully saturated rings. The summed E-state index contributed by atoms with van der Waals surface area (Å²) in [6.07, 6.45) is 1.53. The summed E-state index contributed by atoms with van der Waals surface area (Å²) in [7, 11) is 0. The predicted octanol–water partition coefficient (Wildman–Crippen LogP) is 1.89. The molecular formula is C8H11ClN2O2. The maximum absolute atomic E-state index is 10.6. The van der Waals surface area contributed by atoms with Crippen molar-refractivity contribution in [3.8, 4) is 0 Å². The van der Waals surface area contributed by atoms with E-state index in [0.29, 0.717) is 12.5 Å². The summed E-state index contributed by atoms with van der Waals surface area (Å²) in [5.41, 5.74) is -0.0812. The third kappa shape index (κ3) is 2.45. The SMILES string of the molecule is CC(C)Cn1cc(Cl)c(C(=O)O)n1. The highest BCUT2D eigenvalue weighted by Gasteiger charge is 2.13. The summed E-state index contributed by atoms with van der Waals surface area (Å²) < 4.78 is 1.55. The standard InChI is InChI=1S/C8H11ClN2O2/c1-5(2)3-11-4-6(9)7(10-11)8(12)13/h4-5H,3H2,1-2H3,(H,12,13). The Kier molecular flexibility index (Phi) is 2.93. The van der Waals surface area contributed by atoms with Crippen LogP contribution in [-0.4, -0.2) is 20.9 Å². The molecule has 5 heteroatoms. The van der Waals surface area contributed by atoms with Crippen molar-refractivity contribution >= 4 is 17.6 Å². The van der Waals surface area contributed by atoms with E-state index in [4.69, 9.17) is 16.7 Å². The summed E-state index contributed by atoms with van der Waals surface area (Å²) in [5.74, 6) is -0.676. The summed E-state index contributed by atoms with van der Waals surface area (Å²) in [6.45, 7) is 4.72. The molecule has 0 aromatic carbocycles. The van der Waals surface area contributed by atoms with Crippen LogP contribution in [0.2, 0.25) is 5.02 Å². The van der Waals surface area contributed by atoms with E-state index in [-0.39, 0.29) is 10.7 Å². The molecule has 0 amide bonds. The molecule has 0 spiro atoms. The van der Waals surface area contributed by atoms with Crippen molar-refractivity contribution in [3.05, 3.63) is 16.9 Å². The molecule has 0 aliphatic carbocycles. The Morgan fingerprint density at radius 1 is 1.77 bits per heavy atom. The summed E-state index contributed by atoms with van der Waals surface area (Å²) in [4.78, 5) is 10.6. The molecule has 72 valence electrons. The molecule has 0 radical (unpaired) electrons. The number of halogens is 1. The molecule has 0 saturated heterocycles. The van der Waals surface area contributed by atoms with Gasteiger partial charge >= 0.3 is 5.97 Å². The van der Waals surface area contributed by atoms with Crippen molar-refractivity contribution in [3.63, 3.8) is 0 Å². The first kappa shape index (κ1) is 10.1. The van der Waals surface area contributed by atoms with Crippen LogP contribution < -0.4 is 0 Å². The van der Waals surface area contributed by atoms with Crippen molar-refractivity contribution in [2.24, 2.45) is 5.92 Å². The Morgan fingerprint density at radius 3 is 2.77 bits per heavy atom. The maximum Gasteiger partial charge on any atom is 0.357 e. The van der Waals surface area contributed by atoms with Gasteiger partial charge in [-0.15, -0.1) is 0 Å². The van der Waals surface area contributed by atoms with Crippen LogP contribution in [0.15, 0.2) is 6.20 Å².